The average molecular weight is 445 g/mol. The number of carbonyl (C=O) groups excluding carboxylic acids is 3. The molecule has 2 rings (SSSR count). The predicted octanol–water partition coefficient (Wildman–Crippen LogP) is 0.385. The van der Waals surface area contributed by atoms with Crippen LogP contribution in [0, 0.1) is 3.57 Å². The first-order valence-electron chi connectivity index (χ1n) is 7.67. The van der Waals surface area contributed by atoms with Crippen molar-refractivity contribution >= 4 is 40.3 Å². The van der Waals surface area contributed by atoms with Gasteiger partial charge in [-0.15, -0.1) is 0 Å². The lowest BCUT2D eigenvalue weighted by molar-refractivity contribution is -0.139. The largest absolute Gasteiger partial charge is 0.378 e. The molecule has 0 aliphatic carbocycles. The number of morpholine rings is 1. The van der Waals surface area contributed by atoms with Crippen LogP contribution in [-0.4, -0.2) is 61.5 Å². The Labute approximate surface area is 154 Å². The van der Waals surface area contributed by atoms with Crippen LogP contribution in [-0.2, 0) is 14.3 Å². The van der Waals surface area contributed by atoms with E-state index in [2.05, 4.69) is 33.2 Å². The third-order valence-corrected chi connectivity index (χ3v) is 4.54. The zero-order valence-electron chi connectivity index (χ0n) is 13.4. The zero-order chi connectivity index (χ0) is 17.5. The van der Waals surface area contributed by atoms with Gasteiger partial charge in [0.1, 0.15) is 6.04 Å². The molecule has 130 valence electrons. The Bertz CT molecular complexity index is 617. The van der Waals surface area contributed by atoms with Crippen LogP contribution >= 0.6 is 22.6 Å². The molecule has 0 saturated carbocycles. The average Bonchev–Trinajstić information content (AvgIpc) is 2.60. The van der Waals surface area contributed by atoms with Crippen LogP contribution in [0.25, 0.3) is 0 Å². The number of amides is 3. The summed E-state index contributed by atoms with van der Waals surface area (Å²) < 4.78 is 6.01. The van der Waals surface area contributed by atoms with Gasteiger partial charge in [0, 0.05) is 16.7 Å². The van der Waals surface area contributed by atoms with Crippen molar-refractivity contribution in [2.75, 3.05) is 32.8 Å². The quantitative estimate of drug-likeness (QED) is 0.642. The Morgan fingerprint density at radius 2 is 1.92 bits per heavy atom. The van der Waals surface area contributed by atoms with E-state index in [-0.39, 0.29) is 18.4 Å². The summed E-state index contributed by atoms with van der Waals surface area (Å²) in [5.41, 5.74) is 0.517. The second-order valence-corrected chi connectivity index (χ2v) is 6.55. The number of nitrogens with one attached hydrogen (secondary N) is 2. The number of hydrogen-bond acceptors (Lipinski definition) is 4. The molecule has 1 saturated heterocycles. The van der Waals surface area contributed by atoms with Crippen molar-refractivity contribution in [3.8, 4) is 0 Å². The molecule has 1 unspecified atom stereocenters. The Hall–Kier alpha value is -1.68. The summed E-state index contributed by atoms with van der Waals surface area (Å²) in [6, 6.07) is 6.48. The third kappa shape index (κ3) is 5.17. The van der Waals surface area contributed by atoms with Gasteiger partial charge in [0.05, 0.1) is 25.3 Å². The van der Waals surface area contributed by atoms with Crippen molar-refractivity contribution in [2.45, 2.75) is 13.0 Å². The monoisotopic (exact) mass is 445 g/mol. The van der Waals surface area contributed by atoms with Crippen molar-refractivity contribution < 1.29 is 19.1 Å². The van der Waals surface area contributed by atoms with Crippen molar-refractivity contribution in [1.29, 1.82) is 0 Å². The van der Waals surface area contributed by atoms with Crippen LogP contribution < -0.4 is 10.6 Å². The maximum Gasteiger partial charge on any atom is 0.252 e. The molecular formula is C16H20IN3O4. The van der Waals surface area contributed by atoms with Gasteiger partial charge in [-0.25, -0.2) is 0 Å². The Morgan fingerprint density at radius 1 is 1.25 bits per heavy atom. The molecule has 7 nitrogen and oxygen atoms in total. The Kier molecular flexibility index (Phi) is 6.98. The van der Waals surface area contributed by atoms with Gasteiger partial charge in [-0.05, 0) is 41.6 Å². The van der Waals surface area contributed by atoms with Crippen LogP contribution in [0.4, 0.5) is 0 Å². The highest BCUT2D eigenvalue weighted by atomic mass is 127. The van der Waals surface area contributed by atoms with Crippen molar-refractivity contribution in [3.05, 3.63) is 33.4 Å². The summed E-state index contributed by atoms with van der Waals surface area (Å²) in [7, 11) is 0. The van der Waals surface area contributed by atoms with Gasteiger partial charge in [0.25, 0.3) is 5.91 Å². The van der Waals surface area contributed by atoms with Gasteiger partial charge >= 0.3 is 0 Å². The fourth-order valence-corrected chi connectivity index (χ4v) is 2.95. The molecule has 1 fully saturated rings. The highest BCUT2D eigenvalue weighted by molar-refractivity contribution is 14.1. The maximum atomic E-state index is 12.2. The molecule has 2 N–H and O–H groups in total. The number of benzene rings is 1. The van der Waals surface area contributed by atoms with Crippen LogP contribution in [0.5, 0.6) is 0 Å². The zero-order valence-corrected chi connectivity index (χ0v) is 15.5. The van der Waals surface area contributed by atoms with Gasteiger partial charge in [-0.1, -0.05) is 12.1 Å². The number of nitrogens with zero attached hydrogens (tertiary/aromatic N) is 1. The van der Waals surface area contributed by atoms with Crippen LogP contribution in [0.3, 0.4) is 0 Å². The van der Waals surface area contributed by atoms with E-state index in [0.717, 1.165) is 3.57 Å². The SMILES string of the molecule is CC(NC(=O)CNC(=O)c1ccccc1I)C(=O)N1CCOCC1. The summed E-state index contributed by atoms with van der Waals surface area (Å²) in [5.74, 6) is -0.860. The van der Waals surface area contributed by atoms with E-state index in [9.17, 15) is 14.4 Å². The fraction of sp³-hybridized carbons (Fsp3) is 0.438. The lowest BCUT2D eigenvalue weighted by Crippen LogP contribution is -2.52. The minimum absolute atomic E-state index is 0.143. The number of carbonyl (C=O) groups is 3. The second kappa shape index (κ2) is 8.97. The lowest BCUT2D eigenvalue weighted by atomic mass is 10.2. The first-order chi connectivity index (χ1) is 11.5. The van der Waals surface area contributed by atoms with Gasteiger partial charge in [0.2, 0.25) is 11.8 Å². The van der Waals surface area contributed by atoms with Crippen LogP contribution in [0.1, 0.15) is 17.3 Å². The minimum Gasteiger partial charge on any atom is -0.378 e. The summed E-state index contributed by atoms with van der Waals surface area (Å²) in [5, 5.41) is 5.17. The van der Waals surface area contributed by atoms with Gasteiger partial charge < -0.3 is 20.3 Å². The highest BCUT2D eigenvalue weighted by Crippen LogP contribution is 2.10. The number of rotatable bonds is 5. The van der Waals surface area contributed by atoms with E-state index >= 15 is 0 Å². The second-order valence-electron chi connectivity index (χ2n) is 5.39. The molecule has 3 amide bonds. The van der Waals surface area contributed by atoms with E-state index in [1.165, 1.54) is 0 Å². The Morgan fingerprint density at radius 3 is 2.58 bits per heavy atom. The van der Waals surface area contributed by atoms with Gasteiger partial charge in [-0.2, -0.15) is 0 Å². The molecule has 0 aromatic heterocycles. The van der Waals surface area contributed by atoms with Gasteiger partial charge in [0.15, 0.2) is 0 Å². The lowest BCUT2D eigenvalue weighted by Gasteiger charge is -2.29. The molecule has 1 aromatic carbocycles. The number of hydrogen-bond donors (Lipinski definition) is 2. The van der Waals surface area contributed by atoms with E-state index in [0.29, 0.717) is 31.9 Å². The first-order valence-corrected chi connectivity index (χ1v) is 8.75. The maximum absolute atomic E-state index is 12.2. The molecular weight excluding hydrogens is 425 g/mol. The van der Waals surface area contributed by atoms with Crippen molar-refractivity contribution in [1.82, 2.24) is 15.5 Å². The fourth-order valence-electron chi connectivity index (χ4n) is 2.31. The molecule has 0 spiro atoms. The van der Waals surface area contributed by atoms with E-state index in [1.54, 1.807) is 24.0 Å². The standard InChI is InChI=1S/C16H20IN3O4/c1-11(16(23)20-6-8-24-9-7-20)19-14(21)10-18-15(22)12-4-2-3-5-13(12)17/h2-5,11H,6-10H2,1H3,(H,18,22)(H,19,21). The molecule has 1 heterocycles. The van der Waals surface area contributed by atoms with Gasteiger partial charge in [-0.3, -0.25) is 14.4 Å². The highest BCUT2D eigenvalue weighted by Gasteiger charge is 2.23. The summed E-state index contributed by atoms with van der Waals surface area (Å²) in [4.78, 5) is 37.9. The first kappa shape index (κ1) is 18.7. The number of ether oxygens (including phenoxy) is 1. The molecule has 0 radical (unpaired) electrons. The predicted molar refractivity (Wildman–Crippen MR) is 96.5 cm³/mol. The Balaban J connectivity index is 1.79. The van der Waals surface area contributed by atoms with E-state index in [4.69, 9.17) is 4.74 Å². The van der Waals surface area contributed by atoms with Crippen molar-refractivity contribution in [2.24, 2.45) is 0 Å². The summed E-state index contributed by atoms with van der Waals surface area (Å²) in [6.45, 7) is 3.54. The third-order valence-electron chi connectivity index (χ3n) is 3.60. The molecule has 1 aliphatic heterocycles. The van der Waals surface area contributed by atoms with E-state index in [1.807, 2.05) is 12.1 Å². The summed E-state index contributed by atoms with van der Waals surface area (Å²) >= 11 is 2.06. The molecule has 24 heavy (non-hydrogen) atoms. The molecule has 1 atom stereocenters. The molecule has 8 heteroatoms. The molecule has 1 aromatic rings. The van der Waals surface area contributed by atoms with Crippen molar-refractivity contribution in [3.63, 3.8) is 0 Å². The number of halogens is 1. The topological polar surface area (TPSA) is 87.7 Å². The smallest absolute Gasteiger partial charge is 0.252 e. The summed E-state index contributed by atoms with van der Waals surface area (Å²) in [6.07, 6.45) is 0. The minimum atomic E-state index is -0.635. The van der Waals surface area contributed by atoms with Crippen LogP contribution in [0.15, 0.2) is 24.3 Å². The normalized spacial score (nSPS) is 15.5. The molecule has 0 bridgehead atoms. The molecule has 1 aliphatic rings. The van der Waals surface area contributed by atoms with Crippen LogP contribution in [0.2, 0.25) is 0 Å². The van der Waals surface area contributed by atoms with E-state index < -0.39 is 11.9 Å².